The first-order chi connectivity index (χ1) is 12.0. The number of halogens is 1. The molecule has 1 atom stereocenters. The molecule has 1 unspecified atom stereocenters. The fraction of sp³-hybridized carbons (Fsp3) is 0.333. The minimum absolute atomic E-state index is 0.0819. The Bertz CT molecular complexity index is 782. The fourth-order valence-electron chi connectivity index (χ4n) is 2.89. The second-order valence-electron chi connectivity index (χ2n) is 6.05. The second-order valence-corrected chi connectivity index (χ2v) is 6.36. The Morgan fingerprint density at radius 2 is 2.00 bits per heavy atom. The topological polar surface area (TPSA) is 84.6 Å². The number of aliphatic hydroxyl groups excluding tert-OH is 1. The van der Waals surface area contributed by atoms with E-state index >= 15 is 0 Å². The van der Waals surface area contributed by atoms with Crippen LogP contribution in [-0.4, -0.2) is 28.6 Å². The summed E-state index contributed by atoms with van der Waals surface area (Å²) in [6.45, 7) is 0.197. The molecule has 0 fully saturated rings. The van der Waals surface area contributed by atoms with Gasteiger partial charge in [0.05, 0.1) is 23.0 Å². The molecular formula is C18H19ClN2O4. The minimum Gasteiger partial charge on any atom is -0.457 e. The number of hydrogen-bond donors (Lipinski definition) is 2. The standard InChI is InChI=1S/C18H19ClN2O4/c19-10-16(22)11-20-14-7-15(21(23)24)9-18(8-14)25-17-5-4-12-2-1-3-13(12)6-17/h4-9,16,20,22H,1-3,10-11H2. The summed E-state index contributed by atoms with van der Waals surface area (Å²) < 4.78 is 5.84. The lowest BCUT2D eigenvalue weighted by Crippen LogP contribution is -2.20. The molecule has 2 N–H and O–H groups in total. The number of ether oxygens (including phenoxy) is 1. The summed E-state index contributed by atoms with van der Waals surface area (Å²) in [7, 11) is 0. The van der Waals surface area contributed by atoms with Crippen molar-refractivity contribution in [2.24, 2.45) is 0 Å². The van der Waals surface area contributed by atoms with E-state index in [0.29, 0.717) is 17.2 Å². The third-order valence-electron chi connectivity index (χ3n) is 4.13. The van der Waals surface area contributed by atoms with E-state index in [1.54, 1.807) is 6.07 Å². The number of non-ortho nitro benzene ring substituents is 1. The van der Waals surface area contributed by atoms with Gasteiger partial charge in [0.25, 0.3) is 5.69 Å². The molecule has 0 bridgehead atoms. The first-order valence-electron chi connectivity index (χ1n) is 8.12. The molecule has 1 aliphatic carbocycles. The van der Waals surface area contributed by atoms with Gasteiger partial charge in [-0.05, 0) is 42.5 Å². The Labute approximate surface area is 150 Å². The van der Waals surface area contributed by atoms with E-state index < -0.39 is 11.0 Å². The quantitative estimate of drug-likeness (QED) is 0.443. The smallest absolute Gasteiger partial charge is 0.275 e. The maximum Gasteiger partial charge on any atom is 0.275 e. The maximum absolute atomic E-state index is 11.2. The van der Waals surface area contributed by atoms with Crippen molar-refractivity contribution in [1.29, 1.82) is 0 Å². The summed E-state index contributed by atoms with van der Waals surface area (Å²) in [5.41, 5.74) is 3.02. The predicted molar refractivity (Wildman–Crippen MR) is 96.9 cm³/mol. The van der Waals surface area contributed by atoms with Crippen molar-refractivity contribution in [1.82, 2.24) is 0 Å². The van der Waals surface area contributed by atoms with Gasteiger partial charge in [0.2, 0.25) is 0 Å². The van der Waals surface area contributed by atoms with E-state index in [9.17, 15) is 15.2 Å². The Kier molecular flexibility index (Phi) is 5.40. The lowest BCUT2D eigenvalue weighted by molar-refractivity contribution is -0.384. The Morgan fingerprint density at radius 3 is 2.76 bits per heavy atom. The van der Waals surface area contributed by atoms with Crippen LogP contribution in [0.25, 0.3) is 0 Å². The van der Waals surface area contributed by atoms with Gasteiger partial charge < -0.3 is 15.2 Å². The van der Waals surface area contributed by atoms with Crippen LogP contribution in [0.1, 0.15) is 17.5 Å². The number of nitro groups is 1. The van der Waals surface area contributed by atoms with Crippen LogP contribution in [-0.2, 0) is 12.8 Å². The number of nitrogens with zero attached hydrogens (tertiary/aromatic N) is 1. The Balaban J connectivity index is 1.81. The number of aliphatic hydroxyl groups is 1. The van der Waals surface area contributed by atoms with E-state index in [4.69, 9.17) is 16.3 Å². The van der Waals surface area contributed by atoms with Crippen molar-refractivity contribution >= 4 is 23.0 Å². The molecule has 2 aromatic carbocycles. The molecule has 25 heavy (non-hydrogen) atoms. The molecule has 0 spiro atoms. The summed E-state index contributed by atoms with van der Waals surface area (Å²) in [6, 6.07) is 10.4. The van der Waals surface area contributed by atoms with Crippen LogP contribution >= 0.6 is 11.6 Å². The minimum atomic E-state index is -0.734. The molecule has 2 aromatic rings. The van der Waals surface area contributed by atoms with Gasteiger partial charge >= 0.3 is 0 Å². The molecule has 3 rings (SSSR count). The van der Waals surface area contributed by atoms with Gasteiger partial charge in [-0.15, -0.1) is 11.6 Å². The van der Waals surface area contributed by atoms with E-state index in [1.165, 1.54) is 23.3 Å². The second kappa shape index (κ2) is 7.72. The van der Waals surface area contributed by atoms with Gasteiger partial charge in [0.15, 0.2) is 0 Å². The molecule has 0 radical (unpaired) electrons. The van der Waals surface area contributed by atoms with E-state index in [-0.39, 0.29) is 18.1 Å². The van der Waals surface area contributed by atoms with E-state index in [1.807, 2.05) is 18.2 Å². The number of nitro benzene ring substituents is 1. The first kappa shape index (κ1) is 17.5. The van der Waals surface area contributed by atoms with Crippen LogP contribution < -0.4 is 10.1 Å². The third kappa shape index (κ3) is 4.41. The third-order valence-corrected chi connectivity index (χ3v) is 4.48. The molecule has 0 heterocycles. The van der Waals surface area contributed by atoms with Crippen molar-refractivity contribution in [3.8, 4) is 11.5 Å². The molecule has 0 aliphatic heterocycles. The largest absolute Gasteiger partial charge is 0.457 e. The van der Waals surface area contributed by atoms with Crippen LogP contribution in [0.5, 0.6) is 11.5 Å². The molecule has 7 heteroatoms. The van der Waals surface area contributed by atoms with Crippen LogP contribution in [0.15, 0.2) is 36.4 Å². The summed E-state index contributed by atoms with van der Waals surface area (Å²) in [5.74, 6) is 1.11. The highest BCUT2D eigenvalue weighted by atomic mass is 35.5. The highest BCUT2D eigenvalue weighted by Gasteiger charge is 2.14. The number of alkyl halides is 1. The summed E-state index contributed by atoms with van der Waals surface area (Å²) >= 11 is 5.56. The molecule has 132 valence electrons. The zero-order chi connectivity index (χ0) is 17.8. The molecule has 1 aliphatic rings. The zero-order valence-electron chi connectivity index (χ0n) is 13.6. The van der Waals surface area contributed by atoms with Gasteiger partial charge in [-0.2, -0.15) is 0 Å². The van der Waals surface area contributed by atoms with Gasteiger partial charge in [0, 0.05) is 24.4 Å². The lowest BCUT2D eigenvalue weighted by Gasteiger charge is -2.12. The summed E-state index contributed by atoms with van der Waals surface area (Å²) in [4.78, 5) is 10.7. The van der Waals surface area contributed by atoms with Gasteiger partial charge in [-0.3, -0.25) is 10.1 Å². The lowest BCUT2D eigenvalue weighted by atomic mass is 10.1. The Morgan fingerprint density at radius 1 is 1.20 bits per heavy atom. The summed E-state index contributed by atoms with van der Waals surface area (Å²) in [5, 5.41) is 23.6. The number of benzene rings is 2. The average molecular weight is 363 g/mol. The number of aryl methyl sites for hydroxylation is 2. The fourth-order valence-corrected chi connectivity index (χ4v) is 3.00. The highest BCUT2D eigenvalue weighted by Crippen LogP contribution is 2.32. The van der Waals surface area contributed by atoms with Crippen LogP contribution in [0.2, 0.25) is 0 Å². The van der Waals surface area contributed by atoms with Crippen LogP contribution in [0.4, 0.5) is 11.4 Å². The number of nitrogens with one attached hydrogen (secondary N) is 1. The van der Waals surface area contributed by atoms with Crippen molar-refractivity contribution < 1.29 is 14.8 Å². The van der Waals surface area contributed by atoms with Crippen LogP contribution in [0, 0.1) is 10.1 Å². The van der Waals surface area contributed by atoms with Crippen molar-refractivity contribution in [3.63, 3.8) is 0 Å². The highest BCUT2D eigenvalue weighted by molar-refractivity contribution is 6.18. The number of rotatable bonds is 7. The molecule has 0 saturated carbocycles. The SMILES string of the molecule is O=[N+]([O-])c1cc(NCC(O)CCl)cc(Oc2ccc3c(c2)CCC3)c1. The zero-order valence-corrected chi connectivity index (χ0v) is 14.3. The Hall–Kier alpha value is -2.31. The monoisotopic (exact) mass is 362 g/mol. The number of fused-ring (bicyclic) bond motifs is 1. The number of hydrogen-bond acceptors (Lipinski definition) is 5. The van der Waals surface area contributed by atoms with E-state index in [0.717, 1.165) is 19.3 Å². The molecule has 0 aromatic heterocycles. The van der Waals surface area contributed by atoms with Crippen molar-refractivity contribution in [2.45, 2.75) is 25.4 Å². The molecular weight excluding hydrogens is 344 g/mol. The van der Waals surface area contributed by atoms with Crippen molar-refractivity contribution in [3.05, 3.63) is 57.6 Å². The van der Waals surface area contributed by atoms with Crippen molar-refractivity contribution in [2.75, 3.05) is 17.7 Å². The van der Waals surface area contributed by atoms with Gasteiger partial charge in [-0.25, -0.2) is 0 Å². The number of anilines is 1. The molecule has 0 amide bonds. The maximum atomic E-state index is 11.2. The predicted octanol–water partition coefficient (Wildman–Crippen LogP) is 3.89. The average Bonchev–Trinajstić information content (AvgIpc) is 3.07. The molecule has 0 saturated heterocycles. The normalized spacial score (nSPS) is 14.0. The first-order valence-corrected chi connectivity index (χ1v) is 8.65. The van der Waals surface area contributed by atoms with E-state index in [2.05, 4.69) is 5.32 Å². The summed E-state index contributed by atoms with van der Waals surface area (Å²) in [6.07, 6.45) is 2.53. The molecule has 6 nitrogen and oxygen atoms in total. The van der Waals surface area contributed by atoms with Gasteiger partial charge in [-0.1, -0.05) is 6.07 Å². The van der Waals surface area contributed by atoms with Crippen LogP contribution in [0.3, 0.4) is 0 Å². The van der Waals surface area contributed by atoms with Gasteiger partial charge in [0.1, 0.15) is 11.5 Å².